The Labute approximate surface area is 136 Å². The summed E-state index contributed by atoms with van der Waals surface area (Å²) < 4.78 is 5.39. The van der Waals surface area contributed by atoms with Crippen molar-refractivity contribution in [2.45, 2.75) is 6.54 Å². The summed E-state index contributed by atoms with van der Waals surface area (Å²) in [4.78, 5) is 17.1. The molecule has 1 aliphatic rings. The van der Waals surface area contributed by atoms with Crippen molar-refractivity contribution < 1.29 is 4.74 Å². The van der Waals surface area contributed by atoms with Crippen LogP contribution in [-0.2, 0) is 11.3 Å². The van der Waals surface area contributed by atoms with Crippen molar-refractivity contribution in [1.82, 2.24) is 15.0 Å². The zero-order valence-electron chi connectivity index (χ0n) is 13.6. The predicted octanol–water partition coefficient (Wildman–Crippen LogP) is 1.39. The smallest absolute Gasteiger partial charge is 0.133 e. The van der Waals surface area contributed by atoms with Crippen molar-refractivity contribution in [1.29, 1.82) is 0 Å². The Balaban J connectivity index is 1.65. The van der Waals surface area contributed by atoms with E-state index in [2.05, 4.69) is 31.2 Å². The fourth-order valence-electron chi connectivity index (χ4n) is 2.42. The van der Waals surface area contributed by atoms with Crippen molar-refractivity contribution in [3.05, 3.63) is 36.3 Å². The third-order valence-electron chi connectivity index (χ3n) is 3.73. The van der Waals surface area contributed by atoms with Crippen LogP contribution in [-0.4, -0.2) is 55.4 Å². The van der Waals surface area contributed by atoms with Crippen molar-refractivity contribution in [3.8, 4) is 0 Å². The molecule has 1 N–H and O–H groups in total. The van der Waals surface area contributed by atoms with E-state index in [1.807, 2.05) is 37.3 Å². The number of hydrogen-bond acceptors (Lipinski definition) is 7. The second kappa shape index (κ2) is 7.23. The van der Waals surface area contributed by atoms with Gasteiger partial charge < -0.3 is 19.9 Å². The molecule has 1 fully saturated rings. The highest BCUT2D eigenvalue weighted by Gasteiger charge is 2.12. The van der Waals surface area contributed by atoms with E-state index in [4.69, 9.17) is 4.74 Å². The van der Waals surface area contributed by atoms with Gasteiger partial charge in [-0.1, -0.05) is 0 Å². The molecular formula is C16H22N6O. The molecular weight excluding hydrogens is 292 g/mol. The van der Waals surface area contributed by atoms with Crippen LogP contribution in [0.2, 0.25) is 0 Å². The van der Waals surface area contributed by atoms with E-state index in [1.165, 1.54) is 5.56 Å². The Kier molecular flexibility index (Phi) is 4.87. The number of nitrogens with zero attached hydrogens (tertiary/aromatic N) is 5. The van der Waals surface area contributed by atoms with Gasteiger partial charge in [0.1, 0.15) is 23.8 Å². The number of pyridine rings is 1. The Morgan fingerprint density at radius 2 is 2.00 bits per heavy atom. The third kappa shape index (κ3) is 4.07. The van der Waals surface area contributed by atoms with Gasteiger partial charge in [-0.05, 0) is 17.7 Å². The minimum Gasteiger partial charge on any atom is -0.378 e. The molecule has 122 valence electrons. The zero-order chi connectivity index (χ0) is 16.1. The number of anilines is 3. The Hall–Kier alpha value is -2.41. The summed E-state index contributed by atoms with van der Waals surface area (Å²) in [6.07, 6.45) is 3.43. The van der Waals surface area contributed by atoms with Gasteiger partial charge in [0.2, 0.25) is 0 Å². The molecule has 0 atom stereocenters. The number of hydrogen-bond donors (Lipinski definition) is 1. The summed E-state index contributed by atoms with van der Waals surface area (Å²) in [6.45, 7) is 4.00. The van der Waals surface area contributed by atoms with E-state index in [9.17, 15) is 0 Å². The molecule has 2 aromatic rings. The summed E-state index contributed by atoms with van der Waals surface area (Å²) >= 11 is 0. The SMILES string of the molecule is CN(C)c1cc(NCc2ccnc(N3CCOCC3)c2)ncn1. The molecule has 0 radical (unpaired) electrons. The first-order valence-corrected chi connectivity index (χ1v) is 7.73. The van der Waals surface area contributed by atoms with Gasteiger partial charge in [0.15, 0.2) is 0 Å². The van der Waals surface area contributed by atoms with Gasteiger partial charge in [0.05, 0.1) is 13.2 Å². The van der Waals surface area contributed by atoms with Gasteiger partial charge in [-0.3, -0.25) is 0 Å². The van der Waals surface area contributed by atoms with Crippen LogP contribution in [0, 0.1) is 0 Å². The van der Waals surface area contributed by atoms with E-state index in [1.54, 1.807) is 6.33 Å². The van der Waals surface area contributed by atoms with Crippen LogP contribution in [0.1, 0.15) is 5.56 Å². The first-order valence-electron chi connectivity index (χ1n) is 7.73. The lowest BCUT2D eigenvalue weighted by Gasteiger charge is -2.28. The number of rotatable bonds is 5. The second-order valence-corrected chi connectivity index (χ2v) is 5.63. The van der Waals surface area contributed by atoms with Crippen molar-refractivity contribution in [2.75, 3.05) is 55.5 Å². The molecule has 1 aliphatic heterocycles. The lowest BCUT2D eigenvalue weighted by molar-refractivity contribution is 0.122. The normalized spacial score (nSPS) is 14.6. The van der Waals surface area contributed by atoms with E-state index in [-0.39, 0.29) is 0 Å². The minimum atomic E-state index is 0.698. The zero-order valence-corrected chi connectivity index (χ0v) is 13.6. The lowest BCUT2D eigenvalue weighted by atomic mass is 10.2. The van der Waals surface area contributed by atoms with Crippen LogP contribution in [0.5, 0.6) is 0 Å². The van der Waals surface area contributed by atoms with Crippen LogP contribution < -0.4 is 15.1 Å². The van der Waals surface area contributed by atoms with Crippen molar-refractivity contribution in [3.63, 3.8) is 0 Å². The van der Waals surface area contributed by atoms with Gasteiger partial charge in [0.25, 0.3) is 0 Å². The van der Waals surface area contributed by atoms with Gasteiger partial charge in [-0.15, -0.1) is 0 Å². The van der Waals surface area contributed by atoms with Crippen molar-refractivity contribution >= 4 is 17.5 Å². The maximum Gasteiger partial charge on any atom is 0.133 e. The lowest BCUT2D eigenvalue weighted by Crippen LogP contribution is -2.36. The topological polar surface area (TPSA) is 66.4 Å². The van der Waals surface area contributed by atoms with E-state index < -0.39 is 0 Å². The highest BCUT2D eigenvalue weighted by atomic mass is 16.5. The van der Waals surface area contributed by atoms with Gasteiger partial charge >= 0.3 is 0 Å². The predicted molar refractivity (Wildman–Crippen MR) is 91.0 cm³/mol. The average molecular weight is 314 g/mol. The summed E-state index contributed by atoms with van der Waals surface area (Å²) in [5, 5.41) is 3.34. The summed E-state index contributed by atoms with van der Waals surface area (Å²) in [5.41, 5.74) is 1.17. The standard InChI is InChI=1S/C16H22N6O/c1-21(2)15-10-14(19-12-20-15)18-11-13-3-4-17-16(9-13)22-5-7-23-8-6-22/h3-4,9-10,12H,5-8,11H2,1-2H3,(H,18,19,20). The molecule has 7 heteroatoms. The molecule has 0 bridgehead atoms. The molecule has 23 heavy (non-hydrogen) atoms. The monoisotopic (exact) mass is 314 g/mol. The highest BCUT2D eigenvalue weighted by Crippen LogP contribution is 2.16. The third-order valence-corrected chi connectivity index (χ3v) is 3.73. The number of ether oxygens (including phenoxy) is 1. The largest absolute Gasteiger partial charge is 0.378 e. The number of aromatic nitrogens is 3. The minimum absolute atomic E-state index is 0.698. The molecule has 0 unspecified atom stereocenters. The second-order valence-electron chi connectivity index (χ2n) is 5.63. The summed E-state index contributed by atoms with van der Waals surface area (Å²) in [6, 6.07) is 6.07. The molecule has 0 amide bonds. The molecule has 0 aliphatic carbocycles. The fourth-order valence-corrected chi connectivity index (χ4v) is 2.42. The van der Waals surface area contributed by atoms with Crippen LogP contribution in [0.15, 0.2) is 30.7 Å². The van der Waals surface area contributed by atoms with E-state index in [0.29, 0.717) is 6.54 Å². The van der Waals surface area contributed by atoms with Crippen LogP contribution >= 0.6 is 0 Å². The van der Waals surface area contributed by atoms with Gasteiger partial charge in [0, 0.05) is 46.0 Å². The molecule has 3 heterocycles. The quantitative estimate of drug-likeness (QED) is 0.894. The molecule has 1 saturated heterocycles. The molecule has 0 spiro atoms. The summed E-state index contributed by atoms with van der Waals surface area (Å²) in [5.74, 6) is 2.70. The van der Waals surface area contributed by atoms with Gasteiger partial charge in [-0.2, -0.15) is 0 Å². The molecule has 0 aromatic carbocycles. The Morgan fingerprint density at radius 1 is 1.17 bits per heavy atom. The molecule has 7 nitrogen and oxygen atoms in total. The van der Waals surface area contributed by atoms with Crippen LogP contribution in [0.3, 0.4) is 0 Å². The molecule has 0 saturated carbocycles. The van der Waals surface area contributed by atoms with E-state index in [0.717, 1.165) is 43.8 Å². The molecule has 2 aromatic heterocycles. The maximum absolute atomic E-state index is 5.39. The fraction of sp³-hybridized carbons (Fsp3) is 0.438. The first-order chi connectivity index (χ1) is 11.2. The Morgan fingerprint density at radius 3 is 2.78 bits per heavy atom. The average Bonchev–Trinajstić information content (AvgIpc) is 2.61. The first kappa shape index (κ1) is 15.5. The van der Waals surface area contributed by atoms with Crippen molar-refractivity contribution in [2.24, 2.45) is 0 Å². The van der Waals surface area contributed by atoms with E-state index >= 15 is 0 Å². The van der Waals surface area contributed by atoms with Crippen LogP contribution in [0.4, 0.5) is 17.5 Å². The molecule has 3 rings (SSSR count). The number of morpholine rings is 1. The van der Waals surface area contributed by atoms with Gasteiger partial charge in [-0.25, -0.2) is 15.0 Å². The summed E-state index contributed by atoms with van der Waals surface area (Å²) in [7, 11) is 3.92. The highest BCUT2D eigenvalue weighted by molar-refractivity contribution is 5.48. The maximum atomic E-state index is 5.39. The Bertz CT molecular complexity index is 642. The number of nitrogens with one attached hydrogen (secondary N) is 1. The van der Waals surface area contributed by atoms with Crippen LogP contribution in [0.25, 0.3) is 0 Å².